The molecule has 1 aliphatic heterocycles. The predicted molar refractivity (Wildman–Crippen MR) is 75.2 cm³/mol. The van der Waals surface area contributed by atoms with E-state index in [0.29, 0.717) is 5.56 Å². The predicted octanol–water partition coefficient (Wildman–Crippen LogP) is 2.43. The fourth-order valence-electron chi connectivity index (χ4n) is 2.29. The molecule has 0 unspecified atom stereocenters. The zero-order valence-electron chi connectivity index (χ0n) is 12.5. The van der Waals surface area contributed by atoms with Gasteiger partial charge in [0.1, 0.15) is 6.61 Å². The Bertz CT molecular complexity index is 578. The highest BCUT2D eigenvalue weighted by Crippen LogP contribution is 2.28. The molecule has 1 heterocycles. The van der Waals surface area contributed by atoms with Gasteiger partial charge in [-0.2, -0.15) is 13.2 Å². The number of carboxylic acids is 1. The summed E-state index contributed by atoms with van der Waals surface area (Å²) in [6.45, 7) is -1.43. The van der Waals surface area contributed by atoms with Gasteiger partial charge in [-0.15, -0.1) is 0 Å². The van der Waals surface area contributed by atoms with Gasteiger partial charge in [0.2, 0.25) is 0 Å². The van der Waals surface area contributed by atoms with Crippen molar-refractivity contribution >= 4 is 12.1 Å². The van der Waals surface area contributed by atoms with Crippen LogP contribution in [0.2, 0.25) is 0 Å². The molecule has 1 aromatic carbocycles. The molecule has 0 radical (unpaired) electrons. The maximum absolute atomic E-state index is 12.8. The molecule has 0 aliphatic carbocycles. The third-order valence-corrected chi connectivity index (χ3v) is 3.51. The number of halogens is 3. The van der Waals surface area contributed by atoms with Crippen LogP contribution in [-0.4, -0.2) is 53.5 Å². The van der Waals surface area contributed by atoms with Crippen molar-refractivity contribution in [2.24, 2.45) is 0 Å². The Hall–Kier alpha value is -2.29. The van der Waals surface area contributed by atoms with Crippen LogP contribution < -0.4 is 0 Å². The second kappa shape index (κ2) is 7.52. The zero-order chi connectivity index (χ0) is 17.7. The van der Waals surface area contributed by atoms with Crippen LogP contribution in [-0.2, 0) is 20.9 Å². The van der Waals surface area contributed by atoms with Crippen molar-refractivity contribution in [2.75, 3.05) is 13.2 Å². The van der Waals surface area contributed by atoms with E-state index in [1.165, 1.54) is 0 Å². The second-order valence-corrected chi connectivity index (χ2v) is 5.31. The SMILES string of the molecule is O=C(O)C[C@@H]1CO[C@@H](C(F)(F)F)CN1C(=O)OCc1ccccc1. The fraction of sp³-hybridized carbons (Fsp3) is 0.467. The Kier molecular flexibility index (Phi) is 5.66. The minimum atomic E-state index is -4.65. The standard InChI is InChI=1S/C15H16F3NO5/c16-15(17,18)12-7-19(11(9-23-12)6-13(20)21)14(22)24-8-10-4-2-1-3-5-10/h1-5,11-12H,6-9H2,(H,20,21)/t11-,12-/m1/s1. The van der Waals surface area contributed by atoms with Gasteiger partial charge in [-0.1, -0.05) is 30.3 Å². The van der Waals surface area contributed by atoms with Gasteiger partial charge in [-0.05, 0) is 5.56 Å². The van der Waals surface area contributed by atoms with Crippen molar-refractivity contribution in [3.05, 3.63) is 35.9 Å². The van der Waals surface area contributed by atoms with Crippen LogP contribution in [0.1, 0.15) is 12.0 Å². The lowest BCUT2D eigenvalue weighted by Crippen LogP contribution is -2.56. The summed E-state index contributed by atoms with van der Waals surface area (Å²) < 4.78 is 48.1. The highest BCUT2D eigenvalue weighted by Gasteiger charge is 2.47. The number of carboxylic acid groups (broad SMARTS) is 1. The number of rotatable bonds is 4. The summed E-state index contributed by atoms with van der Waals surface area (Å²) in [7, 11) is 0. The molecule has 0 bridgehead atoms. The number of nitrogens with zero attached hydrogens (tertiary/aromatic N) is 1. The number of ether oxygens (including phenoxy) is 2. The molecule has 1 aromatic rings. The van der Waals surface area contributed by atoms with Crippen LogP contribution in [0.15, 0.2) is 30.3 Å². The van der Waals surface area contributed by atoms with E-state index >= 15 is 0 Å². The summed E-state index contributed by atoms with van der Waals surface area (Å²) in [6.07, 6.45) is -8.33. The highest BCUT2D eigenvalue weighted by molar-refractivity contribution is 5.71. The first-order valence-corrected chi connectivity index (χ1v) is 7.15. The Morgan fingerprint density at radius 2 is 1.96 bits per heavy atom. The minimum Gasteiger partial charge on any atom is -0.481 e. The fourth-order valence-corrected chi connectivity index (χ4v) is 2.29. The smallest absolute Gasteiger partial charge is 0.416 e. The number of benzene rings is 1. The van der Waals surface area contributed by atoms with Crippen LogP contribution in [0.4, 0.5) is 18.0 Å². The first kappa shape index (κ1) is 18.1. The molecule has 1 fully saturated rings. The van der Waals surface area contributed by atoms with E-state index < -0.39 is 50.0 Å². The van der Waals surface area contributed by atoms with Gasteiger partial charge in [0, 0.05) is 0 Å². The first-order chi connectivity index (χ1) is 11.3. The maximum Gasteiger partial charge on any atom is 0.416 e. The summed E-state index contributed by atoms with van der Waals surface area (Å²) in [6, 6.07) is 7.60. The lowest BCUT2D eigenvalue weighted by Gasteiger charge is -2.38. The monoisotopic (exact) mass is 347 g/mol. The van der Waals surface area contributed by atoms with Crippen LogP contribution in [0.5, 0.6) is 0 Å². The Labute approximate surface area is 135 Å². The van der Waals surface area contributed by atoms with Gasteiger partial charge in [-0.3, -0.25) is 9.69 Å². The quantitative estimate of drug-likeness (QED) is 0.905. The molecule has 1 aliphatic rings. The molecule has 2 rings (SSSR count). The van der Waals surface area contributed by atoms with Crippen molar-refractivity contribution in [1.82, 2.24) is 4.90 Å². The molecule has 24 heavy (non-hydrogen) atoms. The molecule has 1 amide bonds. The normalized spacial score (nSPS) is 21.4. The Morgan fingerprint density at radius 1 is 1.29 bits per heavy atom. The zero-order valence-corrected chi connectivity index (χ0v) is 12.5. The van der Waals surface area contributed by atoms with Gasteiger partial charge in [0.25, 0.3) is 0 Å². The van der Waals surface area contributed by atoms with E-state index in [1.807, 2.05) is 0 Å². The highest BCUT2D eigenvalue weighted by atomic mass is 19.4. The minimum absolute atomic E-state index is 0.118. The number of carbonyl (C=O) groups is 2. The number of carbonyl (C=O) groups excluding carboxylic acids is 1. The molecule has 6 nitrogen and oxygen atoms in total. The average Bonchev–Trinajstić information content (AvgIpc) is 2.52. The summed E-state index contributed by atoms with van der Waals surface area (Å²) >= 11 is 0. The number of alkyl halides is 3. The lowest BCUT2D eigenvalue weighted by atomic mass is 10.1. The summed E-state index contributed by atoms with van der Waals surface area (Å²) in [5.74, 6) is -1.24. The molecule has 0 saturated carbocycles. The van der Waals surface area contributed by atoms with E-state index in [4.69, 9.17) is 9.84 Å². The van der Waals surface area contributed by atoms with Crippen molar-refractivity contribution in [3.8, 4) is 0 Å². The molecule has 0 spiro atoms. The third-order valence-electron chi connectivity index (χ3n) is 3.51. The Morgan fingerprint density at radius 3 is 2.54 bits per heavy atom. The van der Waals surface area contributed by atoms with E-state index in [-0.39, 0.29) is 6.61 Å². The average molecular weight is 347 g/mol. The number of aliphatic carboxylic acids is 1. The lowest BCUT2D eigenvalue weighted by molar-refractivity contribution is -0.241. The molecule has 1 saturated heterocycles. The van der Waals surface area contributed by atoms with Crippen LogP contribution in [0, 0.1) is 0 Å². The van der Waals surface area contributed by atoms with Crippen molar-refractivity contribution < 1.29 is 37.3 Å². The van der Waals surface area contributed by atoms with Crippen molar-refractivity contribution in [1.29, 1.82) is 0 Å². The van der Waals surface area contributed by atoms with Gasteiger partial charge in [-0.25, -0.2) is 4.79 Å². The number of morpholine rings is 1. The molecule has 1 N–H and O–H groups in total. The molecule has 0 aromatic heterocycles. The van der Waals surface area contributed by atoms with Crippen LogP contribution in [0.25, 0.3) is 0 Å². The second-order valence-electron chi connectivity index (χ2n) is 5.31. The van der Waals surface area contributed by atoms with E-state index in [2.05, 4.69) is 4.74 Å². The summed E-state index contributed by atoms with van der Waals surface area (Å²) in [5, 5.41) is 8.84. The molecular weight excluding hydrogens is 331 g/mol. The summed E-state index contributed by atoms with van der Waals surface area (Å²) in [5.41, 5.74) is 0.668. The van der Waals surface area contributed by atoms with E-state index in [1.54, 1.807) is 30.3 Å². The third kappa shape index (κ3) is 4.85. The van der Waals surface area contributed by atoms with E-state index in [0.717, 1.165) is 4.90 Å². The summed E-state index contributed by atoms with van der Waals surface area (Å²) in [4.78, 5) is 23.7. The van der Waals surface area contributed by atoms with Gasteiger partial charge >= 0.3 is 18.2 Å². The van der Waals surface area contributed by atoms with E-state index in [9.17, 15) is 22.8 Å². The number of amides is 1. The van der Waals surface area contributed by atoms with Gasteiger partial charge < -0.3 is 14.6 Å². The largest absolute Gasteiger partial charge is 0.481 e. The van der Waals surface area contributed by atoms with Crippen LogP contribution in [0.3, 0.4) is 0 Å². The molecule has 2 atom stereocenters. The maximum atomic E-state index is 12.8. The number of hydrogen-bond acceptors (Lipinski definition) is 4. The molecule has 9 heteroatoms. The van der Waals surface area contributed by atoms with Crippen LogP contribution >= 0.6 is 0 Å². The topological polar surface area (TPSA) is 76.1 Å². The van der Waals surface area contributed by atoms with Gasteiger partial charge in [0.05, 0.1) is 25.6 Å². The first-order valence-electron chi connectivity index (χ1n) is 7.15. The Balaban J connectivity index is 2.04. The molecule has 132 valence electrons. The van der Waals surface area contributed by atoms with Gasteiger partial charge in [0.15, 0.2) is 6.10 Å². The van der Waals surface area contributed by atoms with Crippen molar-refractivity contribution in [2.45, 2.75) is 31.3 Å². The van der Waals surface area contributed by atoms with Crippen molar-refractivity contribution in [3.63, 3.8) is 0 Å². The molecular formula is C15H16F3NO5. The number of hydrogen-bond donors (Lipinski definition) is 1.